The predicted molar refractivity (Wildman–Crippen MR) is 111 cm³/mol. The fourth-order valence-electron chi connectivity index (χ4n) is 2.97. The molecule has 1 aromatic heterocycles. The topological polar surface area (TPSA) is 118 Å². The molecule has 0 bridgehead atoms. The van der Waals surface area contributed by atoms with Crippen molar-refractivity contribution < 1.29 is 14.6 Å². The lowest BCUT2D eigenvalue weighted by Gasteiger charge is -2.15. The number of nitrogens with two attached hydrogens (primary N) is 1. The maximum Gasteiger partial charge on any atom is 0.345 e. The number of aryl methyl sites for hydroxylation is 1. The average molecular weight is 393 g/mol. The summed E-state index contributed by atoms with van der Waals surface area (Å²) in [6.45, 7) is 3.74. The number of phenolic OH excluding ortho intramolecular Hbond substituents is 1. The first-order chi connectivity index (χ1) is 13.9. The van der Waals surface area contributed by atoms with Crippen LogP contribution in [0.1, 0.15) is 25.3 Å². The lowest BCUT2D eigenvalue weighted by molar-refractivity contribution is -0.125. The van der Waals surface area contributed by atoms with Crippen LogP contribution in [0.15, 0.2) is 53.3 Å². The molecule has 29 heavy (non-hydrogen) atoms. The van der Waals surface area contributed by atoms with Gasteiger partial charge >= 0.3 is 5.69 Å². The molecule has 0 radical (unpaired) electrons. The van der Waals surface area contributed by atoms with Gasteiger partial charge in [-0.15, -0.1) is 0 Å². The Labute approximate surface area is 168 Å². The van der Waals surface area contributed by atoms with Crippen molar-refractivity contribution in [1.29, 1.82) is 0 Å². The third kappa shape index (κ3) is 4.82. The van der Waals surface area contributed by atoms with Crippen molar-refractivity contribution in [1.82, 2.24) is 9.97 Å². The first kappa shape index (κ1) is 20.1. The Hall–Kier alpha value is -3.61. The van der Waals surface area contributed by atoms with Crippen LogP contribution in [0.5, 0.6) is 11.5 Å². The second-order valence-electron chi connectivity index (χ2n) is 6.81. The Morgan fingerprint density at radius 1 is 1.17 bits per heavy atom. The van der Waals surface area contributed by atoms with Crippen LogP contribution >= 0.6 is 0 Å². The predicted octanol–water partition coefficient (Wildman–Crippen LogP) is 3.15. The monoisotopic (exact) mass is 393 g/mol. The van der Waals surface area contributed by atoms with Gasteiger partial charge < -0.3 is 20.6 Å². The van der Waals surface area contributed by atoms with Gasteiger partial charge in [0.1, 0.15) is 11.5 Å². The van der Waals surface area contributed by atoms with E-state index < -0.39 is 17.7 Å². The zero-order valence-electron chi connectivity index (χ0n) is 16.3. The summed E-state index contributed by atoms with van der Waals surface area (Å²) in [4.78, 5) is 30.3. The molecule has 0 saturated heterocycles. The molecule has 2 aromatic carbocycles. The van der Waals surface area contributed by atoms with E-state index in [4.69, 9.17) is 10.5 Å². The Morgan fingerprint density at radius 3 is 2.48 bits per heavy atom. The normalized spacial score (nSPS) is 11.8. The molecule has 4 N–H and O–H groups in total. The Balaban J connectivity index is 1.89. The van der Waals surface area contributed by atoms with Crippen LogP contribution < -0.4 is 16.2 Å². The summed E-state index contributed by atoms with van der Waals surface area (Å²) in [7, 11) is 0. The van der Waals surface area contributed by atoms with Crippen LogP contribution in [-0.2, 0) is 4.79 Å². The van der Waals surface area contributed by atoms with Crippen LogP contribution in [0.25, 0.3) is 22.5 Å². The third-order valence-electron chi connectivity index (χ3n) is 4.55. The maximum atomic E-state index is 12.1. The largest absolute Gasteiger partial charge is 0.508 e. The van der Waals surface area contributed by atoms with E-state index in [2.05, 4.69) is 9.97 Å². The molecule has 7 heteroatoms. The zero-order chi connectivity index (χ0) is 21.0. The fraction of sp³-hybridized carbons (Fsp3) is 0.227. The van der Waals surface area contributed by atoms with E-state index in [0.717, 1.165) is 17.5 Å². The number of primary amides is 1. The zero-order valence-corrected chi connectivity index (χ0v) is 16.3. The van der Waals surface area contributed by atoms with Gasteiger partial charge in [0.25, 0.3) is 5.91 Å². The molecule has 0 aliphatic rings. The van der Waals surface area contributed by atoms with Gasteiger partial charge in [0.15, 0.2) is 6.10 Å². The Kier molecular flexibility index (Phi) is 5.97. The van der Waals surface area contributed by atoms with Crippen molar-refractivity contribution in [2.75, 3.05) is 0 Å². The van der Waals surface area contributed by atoms with Crippen molar-refractivity contribution in [2.24, 2.45) is 5.73 Å². The fourth-order valence-corrected chi connectivity index (χ4v) is 2.97. The molecule has 0 aliphatic carbocycles. The van der Waals surface area contributed by atoms with Crippen LogP contribution in [-0.4, -0.2) is 27.1 Å². The number of benzene rings is 2. The van der Waals surface area contributed by atoms with Gasteiger partial charge in [-0.2, -0.15) is 4.98 Å². The second-order valence-corrected chi connectivity index (χ2v) is 6.81. The Morgan fingerprint density at radius 2 is 1.86 bits per heavy atom. The van der Waals surface area contributed by atoms with E-state index in [1.807, 2.05) is 6.92 Å². The molecule has 0 fully saturated rings. The lowest BCUT2D eigenvalue weighted by atomic mass is 10.1. The molecule has 1 unspecified atom stereocenters. The first-order valence-corrected chi connectivity index (χ1v) is 9.35. The van der Waals surface area contributed by atoms with Gasteiger partial charge in [-0.05, 0) is 73.0 Å². The van der Waals surface area contributed by atoms with Crippen LogP contribution in [0.2, 0.25) is 0 Å². The molecular formula is C22H23N3O4. The van der Waals surface area contributed by atoms with Crippen molar-refractivity contribution in [2.45, 2.75) is 32.8 Å². The first-order valence-electron chi connectivity index (χ1n) is 9.35. The smallest absolute Gasteiger partial charge is 0.345 e. The van der Waals surface area contributed by atoms with Gasteiger partial charge in [0, 0.05) is 5.56 Å². The quantitative estimate of drug-likeness (QED) is 0.570. The molecular weight excluding hydrogens is 370 g/mol. The summed E-state index contributed by atoms with van der Waals surface area (Å²) in [5.74, 6) is 0.215. The summed E-state index contributed by atoms with van der Waals surface area (Å²) >= 11 is 0. The number of nitrogens with zero attached hydrogens (tertiary/aromatic N) is 1. The number of hydrogen-bond donors (Lipinski definition) is 3. The van der Waals surface area contributed by atoms with Crippen LogP contribution in [0.3, 0.4) is 0 Å². The van der Waals surface area contributed by atoms with Crippen LogP contribution in [0.4, 0.5) is 0 Å². The minimum Gasteiger partial charge on any atom is -0.508 e. The number of aromatic hydroxyl groups is 1. The number of amides is 1. The summed E-state index contributed by atoms with van der Waals surface area (Å²) in [5.41, 5.74) is 8.19. The summed E-state index contributed by atoms with van der Waals surface area (Å²) in [6, 6.07) is 13.9. The van der Waals surface area contributed by atoms with E-state index in [-0.39, 0.29) is 5.75 Å². The second kappa shape index (κ2) is 8.60. The number of phenols is 1. The third-order valence-corrected chi connectivity index (χ3v) is 4.55. The molecule has 3 rings (SSSR count). The number of aromatic amines is 1. The molecule has 0 saturated carbocycles. The number of aromatic nitrogens is 2. The van der Waals surface area contributed by atoms with Crippen LogP contribution in [0, 0.1) is 6.92 Å². The van der Waals surface area contributed by atoms with Crippen molar-refractivity contribution in [3.8, 4) is 34.0 Å². The van der Waals surface area contributed by atoms with Gasteiger partial charge in [-0.3, -0.25) is 4.79 Å². The summed E-state index contributed by atoms with van der Waals surface area (Å²) in [6.07, 6.45) is 0.657. The molecule has 150 valence electrons. The highest BCUT2D eigenvalue weighted by atomic mass is 16.5. The van der Waals surface area contributed by atoms with Gasteiger partial charge in [-0.25, -0.2) is 4.79 Å². The highest BCUT2D eigenvalue weighted by Crippen LogP contribution is 2.27. The highest BCUT2D eigenvalue weighted by Gasteiger charge is 2.16. The van der Waals surface area contributed by atoms with E-state index in [0.29, 0.717) is 29.1 Å². The number of H-pyrrole nitrogens is 1. The SMILES string of the molecule is CCCC(Oc1ccc(-c2cc(-c3ccc(O)c(C)c3)nc(=O)[nH]2)cc1)C(N)=O. The lowest BCUT2D eigenvalue weighted by Crippen LogP contribution is -2.33. The number of carbonyl (C=O) groups excluding carboxylic acids is 1. The number of carbonyl (C=O) groups is 1. The van der Waals surface area contributed by atoms with Gasteiger partial charge in [0.2, 0.25) is 0 Å². The van der Waals surface area contributed by atoms with E-state index >= 15 is 0 Å². The Bertz CT molecular complexity index is 1070. The molecule has 0 aliphatic heterocycles. The number of ether oxygens (including phenoxy) is 1. The van der Waals surface area contributed by atoms with Crippen molar-refractivity contribution >= 4 is 5.91 Å². The maximum absolute atomic E-state index is 12.1. The van der Waals surface area contributed by atoms with E-state index in [1.54, 1.807) is 55.5 Å². The summed E-state index contributed by atoms with van der Waals surface area (Å²) < 4.78 is 5.67. The van der Waals surface area contributed by atoms with Crippen molar-refractivity contribution in [3.05, 3.63) is 64.6 Å². The molecule has 3 aromatic rings. The van der Waals surface area contributed by atoms with Gasteiger partial charge in [-0.1, -0.05) is 13.3 Å². The molecule has 1 amide bonds. The molecule has 1 heterocycles. The number of hydrogen-bond acceptors (Lipinski definition) is 5. The molecule has 7 nitrogen and oxygen atoms in total. The highest BCUT2D eigenvalue weighted by molar-refractivity contribution is 5.79. The standard InChI is InChI=1S/C22H23N3O4/c1-3-4-20(21(23)27)29-16-8-5-14(6-9-16)17-12-18(25-22(28)24-17)15-7-10-19(26)13(2)11-15/h5-12,20,26H,3-4H2,1-2H3,(H2,23,27)(H,24,25,28). The summed E-state index contributed by atoms with van der Waals surface area (Å²) in [5, 5.41) is 9.70. The number of rotatable bonds is 7. The molecule has 1 atom stereocenters. The van der Waals surface area contributed by atoms with Crippen molar-refractivity contribution in [3.63, 3.8) is 0 Å². The molecule has 0 spiro atoms. The van der Waals surface area contributed by atoms with E-state index in [9.17, 15) is 14.7 Å². The van der Waals surface area contributed by atoms with Gasteiger partial charge in [0.05, 0.1) is 11.4 Å². The average Bonchev–Trinajstić information content (AvgIpc) is 2.69. The van der Waals surface area contributed by atoms with E-state index in [1.165, 1.54) is 0 Å². The minimum absolute atomic E-state index is 0.187. The minimum atomic E-state index is -0.670. The number of nitrogens with one attached hydrogen (secondary N) is 1.